The second kappa shape index (κ2) is 8.62. The minimum atomic E-state index is -0.960. The maximum absolute atomic E-state index is 12.8. The van der Waals surface area contributed by atoms with Crippen molar-refractivity contribution in [3.63, 3.8) is 0 Å². The van der Waals surface area contributed by atoms with Gasteiger partial charge in [-0.15, -0.1) is 0 Å². The Morgan fingerprint density at radius 3 is 2.32 bits per heavy atom. The number of carboxylic acids is 1. The van der Waals surface area contributed by atoms with Crippen LogP contribution in [-0.2, 0) is 9.53 Å². The van der Waals surface area contributed by atoms with Crippen molar-refractivity contribution < 1.29 is 28.9 Å². The maximum atomic E-state index is 12.8. The Kier molecular flexibility index (Phi) is 5.48. The lowest BCUT2D eigenvalue weighted by atomic mass is 9.98. The molecular formula is C24H22N4O6. The lowest BCUT2D eigenvalue weighted by Crippen LogP contribution is -2.31. The number of anilines is 1. The van der Waals surface area contributed by atoms with Gasteiger partial charge in [-0.05, 0) is 38.5 Å². The summed E-state index contributed by atoms with van der Waals surface area (Å²) >= 11 is 0. The molecule has 5 rings (SSSR count). The number of aromatic nitrogens is 2. The molecule has 2 aliphatic rings. The number of benzene rings is 2. The molecule has 1 aromatic heterocycles. The van der Waals surface area contributed by atoms with Crippen molar-refractivity contribution in [1.82, 2.24) is 15.2 Å². The lowest BCUT2D eigenvalue weighted by molar-refractivity contribution is -0.142. The van der Waals surface area contributed by atoms with Gasteiger partial charge in [-0.2, -0.15) is 0 Å². The molecule has 2 amide bonds. The minimum absolute atomic E-state index is 0.0482. The second-order valence-corrected chi connectivity index (χ2v) is 8.54. The zero-order chi connectivity index (χ0) is 23.8. The van der Waals surface area contributed by atoms with E-state index < -0.39 is 23.9 Å². The highest BCUT2D eigenvalue weighted by atomic mass is 16.6. The molecule has 2 atom stereocenters. The Balaban J connectivity index is 1.25. The normalized spacial score (nSPS) is 18.9. The molecule has 0 bridgehead atoms. The molecule has 1 fully saturated rings. The molecule has 0 saturated carbocycles. The van der Waals surface area contributed by atoms with E-state index in [1.165, 1.54) is 4.90 Å². The van der Waals surface area contributed by atoms with E-state index >= 15 is 0 Å². The van der Waals surface area contributed by atoms with Crippen LogP contribution in [0.3, 0.4) is 0 Å². The van der Waals surface area contributed by atoms with Gasteiger partial charge in [-0.1, -0.05) is 55.5 Å². The summed E-state index contributed by atoms with van der Waals surface area (Å²) in [6, 6.07) is 16.0. The molecule has 10 heteroatoms. The number of rotatable bonds is 5. The van der Waals surface area contributed by atoms with Crippen LogP contribution < -0.4 is 5.32 Å². The summed E-state index contributed by atoms with van der Waals surface area (Å²) in [4.78, 5) is 38.1. The number of carbonyl (C=O) groups is 3. The van der Waals surface area contributed by atoms with E-state index in [9.17, 15) is 19.5 Å². The standard InChI is InChI=1S/C24H22N4O6/c1-13-10-28(11-18(13)23(30)31)22(29)20-21(27-34-26-20)25-24(32)33-12-19-16-8-4-2-6-14(16)15-7-3-5-9-17(15)19/h2-9,13,18-19H,10-12H2,1H3,(H,30,31)(H,25,27,32)/t13-,18-/m1/s1. The van der Waals surface area contributed by atoms with E-state index in [1.807, 2.05) is 48.5 Å². The molecule has 3 aromatic rings. The summed E-state index contributed by atoms with van der Waals surface area (Å²) < 4.78 is 10.1. The zero-order valence-electron chi connectivity index (χ0n) is 18.3. The molecule has 0 unspecified atom stereocenters. The molecule has 2 N–H and O–H groups in total. The predicted octanol–water partition coefficient (Wildman–Crippen LogP) is 3.22. The summed E-state index contributed by atoms with van der Waals surface area (Å²) in [5.41, 5.74) is 4.17. The molecule has 10 nitrogen and oxygen atoms in total. The van der Waals surface area contributed by atoms with Gasteiger partial charge in [0, 0.05) is 19.0 Å². The number of nitrogens with one attached hydrogen (secondary N) is 1. The van der Waals surface area contributed by atoms with Crippen LogP contribution in [0.15, 0.2) is 53.2 Å². The van der Waals surface area contributed by atoms with Crippen molar-refractivity contribution >= 4 is 23.8 Å². The first-order valence-electron chi connectivity index (χ1n) is 10.9. The van der Waals surface area contributed by atoms with Crippen molar-refractivity contribution in [2.24, 2.45) is 11.8 Å². The van der Waals surface area contributed by atoms with Gasteiger partial charge in [-0.25, -0.2) is 9.42 Å². The fourth-order valence-corrected chi connectivity index (χ4v) is 4.75. The monoisotopic (exact) mass is 462 g/mol. The average Bonchev–Trinajstić information content (AvgIpc) is 3.53. The molecule has 2 heterocycles. The molecule has 1 saturated heterocycles. The lowest BCUT2D eigenvalue weighted by Gasteiger charge is -2.15. The van der Waals surface area contributed by atoms with Gasteiger partial charge in [0.15, 0.2) is 0 Å². The summed E-state index contributed by atoms with van der Waals surface area (Å²) in [7, 11) is 0. The molecular weight excluding hydrogens is 440 g/mol. The minimum Gasteiger partial charge on any atom is -0.481 e. The van der Waals surface area contributed by atoms with Crippen molar-refractivity contribution in [3.8, 4) is 11.1 Å². The quantitative estimate of drug-likeness (QED) is 0.590. The highest BCUT2D eigenvalue weighted by Crippen LogP contribution is 2.44. The van der Waals surface area contributed by atoms with Crippen LogP contribution in [-0.4, -0.2) is 58.0 Å². The van der Waals surface area contributed by atoms with Gasteiger partial charge in [0.1, 0.15) is 6.61 Å². The van der Waals surface area contributed by atoms with Crippen LogP contribution in [0.25, 0.3) is 11.1 Å². The summed E-state index contributed by atoms with van der Waals surface area (Å²) in [6.07, 6.45) is -0.801. The Hall–Kier alpha value is -4.21. The van der Waals surface area contributed by atoms with Crippen molar-refractivity contribution in [2.45, 2.75) is 12.8 Å². The Morgan fingerprint density at radius 2 is 1.71 bits per heavy atom. The summed E-state index contributed by atoms with van der Waals surface area (Å²) in [5, 5.41) is 18.9. The molecule has 0 radical (unpaired) electrons. The number of nitrogens with zero attached hydrogens (tertiary/aromatic N) is 3. The number of carboxylic acid groups (broad SMARTS) is 1. The highest BCUT2D eigenvalue weighted by Gasteiger charge is 2.39. The van der Waals surface area contributed by atoms with Crippen molar-refractivity contribution in [2.75, 3.05) is 25.0 Å². The van der Waals surface area contributed by atoms with Crippen LogP contribution >= 0.6 is 0 Å². The Labute approximate surface area is 194 Å². The number of likely N-dealkylation sites (tertiary alicyclic amines) is 1. The van der Waals surface area contributed by atoms with Crippen LogP contribution in [0, 0.1) is 11.8 Å². The van der Waals surface area contributed by atoms with Gasteiger partial charge >= 0.3 is 12.1 Å². The number of carbonyl (C=O) groups excluding carboxylic acids is 2. The van der Waals surface area contributed by atoms with E-state index in [2.05, 4.69) is 20.3 Å². The molecule has 174 valence electrons. The molecule has 0 spiro atoms. The van der Waals surface area contributed by atoms with E-state index in [4.69, 9.17) is 4.74 Å². The largest absolute Gasteiger partial charge is 0.481 e. The van der Waals surface area contributed by atoms with Crippen molar-refractivity contribution in [3.05, 3.63) is 65.4 Å². The Morgan fingerprint density at radius 1 is 1.06 bits per heavy atom. The van der Waals surface area contributed by atoms with Gasteiger partial charge in [0.2, 0.25) is 11.5 Å². The molecule has 2 aromatic carbocycles. The number of fused-ring (bicyclic) bond motifs is 3. The van der Waals surface area contributed by atoms with Crippen LogP contribution in [0.2, 0.25) is 0 Å². The van der Waals surface area contributed by atoms with E-state index in [-0.39, 0.29) is 43.0 Å². The second-order valence-electron chi connectivity index (χ2n) is 8.54. The number of amides is 2. The smallest absolute Gasteiger partial charge is 0.412 e. The van der Waals surface area contributed by atoms with Crippen LogP contribution in [0.1, 0.15) is 34.5 Å². The van der Waals surface area contributed by atoms with Crippen LogP contribution in [0.4, 0.5) is 10.6 Å². The number of hydrogen-bond acceptors (Lipinski definition) is 7. The number of aliphatic carboxylic acids is 1. The third kappa shape index (κ3) is 3.76. The topological polar surface area (TPSA) is 135 Å². The maximum Gasteiger partial charge on any atom is 0.412 e. The molecule has 34 heavy (non-hydrogen) atoms. The first kappa shape index (κ1) is 21.6. The van der Waals surface area contributed by atoms with E-state index in [1.54, 1.807) is 6.92 Å². The summed E-state index contributed by atoms with van der Waals surface area (Å²) in [6.45, 7) is 2.17. The van der Waals surface area contributed by atoms with E-state index in [0.29, 0.717) is 0 Å². The fourth-order valence-electron chi connectivity index (χ4n) is 4.75. The average molecular weight is 462 g/mol. The Bertz CT molecular complexity index is 1230. The van der Waals surface area contributed by atoms with E-state index in [0.717, 1.165) is 22.3 Å². The van der Waals surface area contributed by atoms with Gasteiger partial charge in [0.25, 0.3) is 5.91 Å². The van der Waals surface area contributed by atoms with Gasteiger partial charge in [-0.3, -0.25) is 14.9 Å². The zero-order valence-corrected chi connectivity index (χ0v) is 18.3. The number of ether oxygens (including phenoxy) is 1. The van der Waals surface area contributed by atoms with Crippen molar-refractivity contribution in [1.29, 1.82) is 0 Å². The predicted molar refractivity (Wildman–Crippen MR) is 119 cm³/mol. The third-order valence-electron chi connectivity index (χ3n) is 6.47. The fraction of sp³-hybridized carbons (Fsp3) is 0.292. The van der Waals surface area contributed by atoms with Crippen LogP contribution in [0.5, 0.6) is 0 Å². The first-order valence-corrected chi connectivity index (χ1v) is 10.9. The highest BCUT2D eigenvalue weighted by molar-refractivity contribution is 6.00. The SMILES string of the molecule is C[C@@H]1CN(C(=O)c2nonc2NC(=O)OCC2c3ccccc3-c3ccccc32)C[C@H]1C(=O)O. The van der Waals surface area contributed by atoms with Gasteiger partial charge < -0.3 is 14.7 Å². The summed E-state index contributed by atoms with van der Waals surface area (Å²) in [5.74, 6) is -2.69. The van der Waals surface area contributed by atoms with Gasteiger partial charge in [0.05, 0.1) is 5.92 Å². The third-order valence-corrected chi connectivity index (χ3v) is 6.47. The first-order chi connectivity index (χ1) is 16.4. The molecule has 1 aliphatic carbocycles. The molecule has 1 aliphatic heterocycles. The number of hydrogen-bond donors (Lipinski definition) is 2.